The van der Waals surface area contributed by atoms with Crippen molar-refractivity contribution in [1.29, 1.82) is 0 Å². The number of amides is 4. The lowest BCUT2D eigenvalue weighted by Gasteiger charge is -2.73. The first-order chi connectivity index (χ1) is 38.6. The third kappa shape index (κ3) is 12.4. The minimum atomic E-state index is -4.63. The monoisotopic (exact) mass is 1190 g/mol. The number of nitrogens with one attached hydrogen (secondary N) is 1. The number of carbonyl (C=O) groups excluding carboxylic acids is 5. The standard InChI is InChI=1S/C66H116N5O11P/c1-20-42(6)55(69(17)59(75)53(40(2)3)67-58(74)54(41(4)5)68(15)16)47(80-18)39-51(73)70-38-24-25-45(70)56(81-19)43(7)46(72)26-22-21-23-37-71-57-52-44-27-28-49-63(12)31-30-50(82-83(77,78)79)62(10,11)48(63)29-32-65(49,14)64(44,13)34-36-66(52,60(71)76)35-33-61(57,8)9/h40-45,47-50,52-57H,20-39H2,1-19H3,(H,67,74)(H2,77,78,79)/t42-,43-,44?,45?,47+,48?,49?,50-,52?,53-,54-,55-,56+,57?,63-,64+,65+,66-/m0/s1. The molecule has 16 nitrogen and oxygen atoms in total. The highest BCUT2D eigenvalue weighted by atomic mass is 31.2. The first-order valence-corrected chi connectivity index (χ1v) is 34.3. The zero-order valence-corrected chi connectivity index (χ0v) is 56.1. The summed E-state index contributed by atoms with van der Waals surface area (Å²) in [6, 6.07) is -1.73. The third-order valence-electron chi connectivity index (χ3n) is 25.0. The molecule has 2 bridgehead atoms. The van der Waals surface area contributed by atoms with E-state index in [9.17, 15) is 33.5 Å². The highest BCUT2D eigenvalue weighted by molar-refractivity contribution is 7.46. The summed E-state index contributed by atoms with van der Waals surface area (Å²) < 4.78 is 30.0. The van der Waals surface area contributed by atoms with Crippen molar-refractivity contribution in [2.45, 2.75) is 261 Å². The Morgan fingerprint density at radius 2 is 1.45 bits per heavy atom. The lowest BCUT2D eigenvalue weighted by atomic mass is 9.31. The van der Waals surface area contributed by atoms with Crippen molar-refractivity contribution in [3.8, 4) is 0 Å². The van der Waals surface area contributed by atoms with Gasteiger partial charge in [-0.1, -0.05) is 110 Å². The van der Waals surface area contributed by atoms with Crippen LogP contribution in [0.1, 0.15) is 213 Å². The van der Waals surface area contributed by atoms with Crippen molar-refractivity contribution < 1.29 is 52.3 Å². The molecule has 17 heteroatoms. The van der Waals surface area contributed by atoms with Gasteiger partial charge in [0.05, 0.1) is 48.3 Å². The molecule has 7 fully saturated rings. The van der Waals surface area contributed by atoms with Crippen molar-refractivity contribution in [3.63, 3.8) is 0 Å². The van der Waals surface area contributed by atoms with Crippen molar-refractivity contribution in [2.24, 2.45) is 79.8 Å². The first-order valence-electron chi connectivity index (χ1n) is 32.7. The minimum absolute atomic E-state index is 0.0203. The molecule has 3 N–H and O–H groups in total. The number of rotatable bonds is 25. The molecular weight excluding hydrogens is 1070 g/mol. The molecule has 4 amide bonds. The maximum atomic E-state index is 15.2. The van der Waals surface area contributed by atoms with Crippen LogP contribution in [-0.2, 0) is 42.5 Å². The fraction of sp³-hybridized carbons (Fsp3) is 0.924. The Kier molecular flexibility index (Phi) is 21.0. The second-order valence-corrected chi connectivity index (χ2v) is 32.2. The Bertz CT molecular complexity index is 2370. The van der Waals surface area contributed by atoms with Crippen LogP contribution in [0.4, 0.5) is 0 Å². The molecule has 5 aliphatic carbocycles. The van der Waals surface area contributed by atoms with Crippen molar-refractivity contribution in [3.05, 3.63) is 0 Å². The summed E-state index contributed by atoms with van der Waals surface area (Å²) in [5, 5.41) is 3.08. The number of phosphoric acid groups is 1. The zero-order valence-electron chi connectivity index (χ0n) is 55.2. The van der Waals surface area contributed by atoms with E-state index >= 15 is 4.79 Å². The van der Waals surface area contributed by atoms with Gasteiger partial charge >= 0.3 is 7.82 Å². The second kappa shape index (κ2) is 25.6. The number of fused-ring (bicyclic) bond motifs is 5. The lowest BCUT2D eigenvalue weighted by Crippen LogP contribution is -2.68. The predicted molar refractivity (Wildman–Crippen MR) is 326 cm³/mol. The lowest BCUT2D eigenvalue weighted by molar-refractivity contribution is -0.249. The van der Waals surface area contributed by atoms with Crippen LogP contribution >= 0.6 is 7.82 Å². The number of ketones is 1. The fourth-order valence-corrected chi connectivity index (χ4v) is 21.1. The van der Waals surface area contributed by atoms with E-state index in [1.807, 2.05) is 58.5 Å². The van der Waals surface area contributed by atoms with E-state index in [-0.39, 0.29) is 92.3 Å². The van der Waals surface area contributed by atoms with Gasteiger partial charge in [-0.25, -0.2) is 4.57 Å². The van der Waals surface area contributed by atoms with Gasteiger partial charge in [-0.15, -0.1) is 0 Å². The van der Waals surface area contributed by atoms with E-state index in [1.165, 1.54) is 0 Å². The van der Waals surface area contributed by atoms with E-state index < -0.39 is 50.2 Å². The largest absolute Gasteiger partial charge is 0.469 e. The molecule has 2 aliphatic heterocycles. The van der Waals surface area contributed by atoms with Crippen LogP contribution in [0.3, 0.4) is 0 Å². The number of carbonyl (C=O) groups is 5. The fourth-order valence-electron chi connectivity index (χ4n) is 20.4. The zero-order chi connectivity index (χ0) is 61.9. The molecule has 7 aliphatic rings. The van der Waals surface area contributed by atoms with Gasteiger partial charge in [0, 0.05) is 52.7 Å². The molecule has 18 atom stereocenters. The van der Waals surface area contributed by atoms with E-state index in [4.69, 9.17) is 14.0 Å². The van der Waals surface area contributed by atoms with Gasteiger partial charge in [-0.3, -0.25) is 33.4 Å². The summed E-state index contributed by atoms with van der Waals surface area (Å²) in [6.45, 7) is 32.1. The number of hydrogen-bond acceptors (Lipinski definition) is 10. The molecule has 0 aromatic carbocycles. The quantitative estimate of drug-likeness (QED) is 0.0579. The number of methoxy groups -OCH3 is 2. The summed E-state index contributed by atoms with van der Waals surface area (Å²) in [7, 11) is 4.11. The van der Waals surface area contributed by atoms with Crippen molar-refractivity contribution in [1.82, 2.24) is 24.9 Å². The van der Waals surface area contributed by atoms with Gasteiger partial charge in [0.1, 0.15) is 11.8 Å². The molecular formula is C66H116N5O11P. The maximum absolute atomic E-state index is 15.2. The summed E-state index contributed by atoms with van der Waals surface area (Å²) in [5.41, 5.74) is -0.538. The van der Waals surface area contributed by atoms with Gasteiger partial charge in [0.25, 0.3) is 0 Å². The Labute approximate surface area is 501 Å². The van der Waals surface area contributed by atoms with Crippen LogP contribution in [0.15, 0.2) is 0 Å². The van der Waals surface area contributed by atoms with Crippen LogP contribution < -0.4 is 5.32 Å². The van der Waals surface area contributed by atoms with Crippen LogP contribution in [0.5, 0.6) is 0 Å². The number of likely N-dealkylation sites (N-methyl/N-ethyl adjacent to an activating group) is 2. The Hall–Kier alpha value is -2.46. The van der Waals surface area contributed by atoms with E-state index in [1.54, 1.807) is 26.2 Å². The van der Waals surface area contributed by atoms with Gasteiger partial charge in [-0.05, 0) is 172 Å². The Morgan fingerprint density at radius 3 is 2.04 bits per heavy atom. The molecule has 0 radical (unpaired) electrons. The SMILES string of the molecule is CC[C@H](C)[C@@H]([C@@H](CC(=O)N1CCCC1[C@H](OC)[C@@H](C)C(=O)CCCCCN1C(=O)[C@]23CCC(C)(C)C1C2C1CCC2[C@@]4(C)CC[C@H](OP(=O)(O)O)C(C)(C)C4CC[C@@]2(C)[C@]1(C)CC3)OC)N(C)C(=O)[C@@H](NC(=O)[C@H](C(C)C)N(C)C)C(C)C. The minimum Gasteiger partial charge on any atom is -0.379 e. The summed E-state index contributed by atoms with van der Waals surface area (Å²) in [5.74, 6) is 0.921. The predicted octanol–water partition coefficient (Wildman–Crippen LogP) is 10.9. The van der Waals surface area contributed by atoms with Crippen LogP contribution in [-0.4, -0.2) is 156 Å². The summed E-state index contributed by atoms with van der Waals surface area (Å²) >= 11 is 0. The third-order valence-corrected chi connectivity index (χ3v) is 25.6. The first kappa shape index (κ1) is 68.0. The van der Waals surface area contributed by atoms with E-state index in [0.29, 0.717) is 55.5 Å². The number of likely N-dealkylation sites (tertiary alicyclic amines) is 2. The second-order valence-electron chi connectivity index (χ2n) is 31.0. The van der Waals surface area contributed by atoms with Crippen molar-refractivity contribution in [2.75, 3.05) is 48.5 Å². The van der Waals surface area contributed by atoms with Gasteiger partial charge < -0.3 is 39.3 Å². The van der Waals surface area contributed by atoms with Crippen LogP contribution in [0.2, 0.25) is 0 Å². The molecule has 2 heterocycles. The topological polar surface area (TPSA) is 196 Å². The van der Waals surface area contributed by atoms with E-state index in [2.05, 4.69) is 72.5 Å². The average molecular weight is 1190 g/mol. The highest BCUT2D eigenvalue weighted by Gasteiger charge is 2.75. The number of Topliss-reactive ketones (excluding diaryl/α,β-unsaturated/α-hetero) is 1. The number of phosphoric ester groups is 1. The van der Waals surface area contributed by atoms with Gasteiger partial charge in [0.2, 0.25) is 23.6 Å². The molecule has 0 spiro atoms. The van der Waals surface area contributed by atoms with E-state index in [0.717, 1.165) is 96.3 Å². The van der Waals surface area contributed by atoms with Crippen LogP contribution in [0.25, 0.3) is 0 Å². The maximum Gasteiger partial charge on any atom is 0.469 e. The molecule has 83 heavy (non-hydrogen) atoms. The molecule has 0 aromatic rings. The number of nitrogens with zero attached hydrogens (tertiary/aromatic N) is 4. The normalized spacial score (nSPS) is 35.4. The van der Waals surface area contributed by atoms with Crippen LogP contribution in [0, 0.1) is 79.8 Å². The molecule has 0 aromatic heterocycles. The highest BCUT2D eigenvalue weighted by Crippen LogP contribution is 2.78. The van der Waals surface area contributed by atoms with Gasteiger partial charge in [0.15, 0.2) is 0 Å². The van der Waals surface area contributed by atoms with Gasteiger partial charge in [-0.2, -0.15) is 0 Å². The smallest absolute Gasteiger partial charge is 0.379 e. The number of ether oxygens (including phenoxy) is 2. The van der Waals surface area contributed by atoms with Crippen molar-refractivity contribution >= 4 is 37.2 Å². The summed E-state index contributed by atoms with van der Waals surface area (Å²) in [4.78, 5) is 99.7. The Balaban J connectivity index is 0.968. The molecule has 6 unspecified atom stereocenters. The molecule has 2 saturated heterocycles. The molecule has 7 rings (SSSR count). The Morgan fingerprint density at radius 1 is 0.783 bits per heavy atom. The number of hydrogen-bond donors (Lipinski definition) is 3. The summed E-state index contributed by atoms with van der Waals surface area (Å²) in [6.07, 6.45) is 13.4. The molecule has 476 valence electrons. The number of unbranched alkanes of at least 4 members (excludes halogenated alkanes) is 2. The molecule has 5 saturated carbocycles. The average Bonchev–Trinajstić information content (AvgIpc) is 3.58.